The monoisotopic (exact) mass is 204 g/mol. The molecule has 0 aliphatic heterocycles. The standard InChI is InChI=1S/C10H8N2O3/c1-6-4-7(2-3-11-6)8-5-9(10(13)14)15-12-8/h2-5H,1H3,(H,13,14). The van der Waals surface area contributed by atoms with Crippen molar-refractivity contribution in [3.8, 4) is 11.3 Å². The highest BCUT2D eigenvalue weighted by Gasteiger charge is 2.12. The Bertz CT molecular complexity index is 505. The molecule has 15 heavy (non-hydrogen) atoms. The van der Waals surface area contributed by atoms with Gasteiger partial charge in [0, 0.05) is 23.5 Å². The van der Waals surface area contributed by atoms with Gasteiger partial charge in [0.25, 0.3) is 0 Å². The van der Waals surface area contributed by atoms with E-state index in [2.05, 4.69) is 14.7 Å². The minimum atomic E-state index is -1.13. The first-order valence-electron chi connectivity index (χ1n) is 4.30. The van der Waals surface area contributed by atoms with Crippen LogP contribution in [0.2, 0.25) is 0 Å². The largest absolute Gasteiger partial charge is 0.475 e. The summed E-state index contributed by atoms with van der Waals surface area (Å²) in [4.78, 5) is 14.6. The number of carboxylic acid groups (broad SMARTS) is 1. The molecule has 0 aliphatic rings. The van der Waals surface area contributed by atoms with E-state index in [0.717, 1.165) is 11.3 Å². The predicted molar refractivity (Wildman–Crippen MR) is 51.4 cm³/mol. The van der Waals surface area contributed by atoms with Crippen molar-refractivity contribution < 1.29 is 14.4 Å². The van der Waals surface area contributed by atoms with Crippen molar-refractivity contribution in [2.75, 3.05) is 0 Å². The lowest BCUT2D eigenvalue weighted by Gasteiger charge is -1.95. The summed E-state index contributed by atoms with van der Waals surface area (Å²) in [5.74, 6) is -1.29. The minimum absolute atomic E-state index is 0.167. The summed E-state index contributed by atoms with van der Waals surface area (Å²) in [6, 6.07) is 4.94. The number of hydrogen-bond donors (Lipinski definition) is 1. The third-order valence-corrected chi connectivity index (χ3v) is 1.91. The van der Waals surface area contributed by atoms with Crippen molar-refractivity contribution in [1.29, 1.82) is 0 Å². The minimum Gasteiger partial charge on any atom is -0.475 e. The van der Waals surface area contributed by atoms with Gasteiger partial charge < -0.3 is 9.63 Å². The fourth-order valence-electron chi connectivity index (χ4n) is 1.22. The molecule has 0 atom stereocenters. The van der Waals surface area contributed by atoms with Crippen LogP contribution in [0.15, 0.2) is 28.9 Å². The molecule has 2 aromatic heterocycles. The van der Waals surface area contributed by atoms with E-state index in [9.17, 15) is 4.79 Å². The van der Waals surface area contributed by atoms with Crippen LogP contribution < -0.4 is 0 Å². The molecule has 0 bridgehead atoms. The summed E-state index contributed by atoms with van der Waals surface area (Å²) in [7, 11) is 0. The third-order valence-electron chi connectivity index (χ3n) is 1.91. The second-order valence-corrected chi connectivity index (χ2v) is 3.07. The summed E-state index contributed by atoms with van der Waals surface area (Å²) in [5.41, 5.74) is 2.13. The van der Waals surface area contributed by atoms with Crippen LogP contribution in [-0.2, 0) is 0 Å². The van der Waals surface area contributed by atoms with Gasteiger partial charge in [0.15, 0.2) is 0 Å². The first-order chi connectivity index (χ1) is 7.16. The van der Waals surface area contributed by atoms with Crippen molar-refractivity contribution in [3.63, 3.8) is 0 Å². The zero-order chi connectivity index (χ0) is 10.8. The van der Waals surface area contributed by atoms with Crippen LogP contribution in [0.5, 0.6) is 0 Å². The van der Waals surface area contributed by atoms with E-state index in [4.69, 9.17) is 5.11 Å². The molecule has 76 valence electrons. The highest BCUT2D eigenvalue weighted by molar-refractivity contribution is 5.85. The maximum Gasteiger partial charge on any atom is 0.374 e. The van der Waals surface area contributed by atoms with Crippen LogP contribution in [0.25, 0.3) is 11.3 Å². The number of rotatable bonds is 2. The molecule has 0 amide bonds. The van der Waals surface area contributed by atoms with Crippen LogP contribution in [0.4, 0.5) is 0 Å². The Balaban J connectivity index is 2.41. The average Bonchev–Trinajstić information content (AvgIpc) is 2.66. The van der Waals surface area contributed by atoms with E-state index in [1.807, 2.05) is 13.0 Å². The first-order valence-corrected chi connectivity index (χ1v) is 4.30. The Morgan fingerprint density at radius 2 is 2.27 bits per heavy atom. The van der Waals surface area contributed by atoms with E-state index in [0.29, 0.717) is 5.69 Å². The Kier molecular flexibility index (Phi) is 2.21. The molecule has 2 rings (SSSR count). The Labute approximate surface area is 85.4 Å². The molecule has 0 saturated carbocycles. The molecule has 2 aromatic rings. The van der Waals surface area contributed by atoms with Crippen molar-refractivity contribution in [2.45, 2.75) is 6.92 Å². The van der Waals surface area contributed by atoms with E-state index in [1.54, 1.807) is 12.3 Å². The van der Waals surface area contributed by atoms with E-state index in [1.165, 1.54) is 6.07 Å². The number of hydrogen-bond acceptors (Lipinski definition) is 4. The molecule has 0 fully saturated rings. The van der Waals surface area contributed by atoms with Gasteiger partial charge in [0.1, 0.15) is 5.69 Å². The number of aromatic nitrogens is 2. The van der Waals surface area contributed by atoms with Crippen molar-refractivity contribution >= 4 is 5.97 Å². The Hall–Kier alpha value is -2.17. The van der Waals surface area contributed by atoms with Crippen LogP contribution in [-0.4, -0.2) is 21.2 Å². The number of carboxylic acids is 1. The maximum atomic E-state index is 10.6. The predicted octanol–water partition coefficient (Wildman–Crippen LogP) is 1.74. The topological polar surface area (TPSA) is 76.2 Å². The Morgan fingerprint density at radius 1 is 1.47 bits per heavy atom. The highest BCUT2D eigenvalue weighted by atomic mass is 16.5. The van der Waals surface area contributed by atoms with Crippen LogP contribution in [0, 0.1) is 6.92 Å². The fraction of sp³-hybridized carbons (Fsp3) is 0.100. The van der Waals surface area contributed by atoms with E-state index in [-0.39, 0.29) is 5.76 Å². The molecule has 5 nitrogen and oxygen atoms in total. The van der Waals surface area contributed by atoms with Crippen LogP contribution in [0.1, 0.15) is 16.2 Å². The number of aromatic carboxylic acids is 1. The number of pyridine rings is 1. The molecule has 0 spiro atoms. The quantitative estimate of drug-likeness (QED) is 0.806. The summed E-state index contributed by atoms with van der Waals surface area (Å²) in [6.45, 7) is 1.85. The van der Waals surface area contributed by atoms with Gasteiger partial charge in [-0.2, -0.15) is 0 Å². The maximum absolute atomic E-state index is 10.6. The molecule has 0 aliphatic carbocycles. The number of carbonyl (C=O) groups is 1. The molecule has 0 aromatic carbocycles. The molecule has 0 unspecified atom stereocenters. The smallest absolute Gasteiger partial charge is 0.374 e. The first kappa shape index (κ1) is 9.39. The summed E-state index contributed by atoms with van der Waals surface area (Å²) in [6.07, 6.45) is 1.64. The summed E-state index contributed by atoms with van der Waals surface area (Å²) >= 11 is 0. The van der Waals surface area contributed by atoms with Crippen molar-refractivity contribution in [2.24, 2.45) is 0 Å². The zero-order valence-electron chi connectivity index (χ0n) is 7.97. The van der Waals surface area contributed by atoms with Gasteiger partial charge in [-0.1, -0.05) is 5.16 Å². The fourth-order valence-corrected chi connectivity index (χ4v) is 1.22. The van der Waals surface area contributed by atoms with Crippen LogP contribution >= 0.6 is 0 Å². The lowest BCUT2D eigenvalue weighted by molar-refractivity contribution is 0.0652. The molecule has 0 radical (unpaired) electrons. The van der Waals surface area contributed by atoms with Gasteiger partial charge >= 0.3 is 5.97 Å². The molecular weight excluding hydrogens is 196 g/mol. The lowest BCUT2D eigenvalue weighted by atomic mass is 10.1. The van der Waals surface area contributed by atoms with Crippen LogP contribution in [0.3, 0.4) is 0 Å². The highest BCUT2D eigenvalue weighted by Crippen LogP contribution is 2.18. The van der Waals surface area contributed by atoms with Gasteiger partial charge in [-0.05, 0) is 19.1 Å². The molecule has 0 saturated heterocycles. The third kappa shape index (κ3) is 1.85. The van der Waals surface area contributed by atoms with Gasteiger partial charge in [0.2, 0.25) is 5.76 Å². The number of nitrogens with zero attached hydrogens (tertiary/aromatic N) is 2. The second-order valence-electron chi connectivity index (χ2n) is 3.07. The van der Waals surface area contributed by atoms with E-state index >= 15 is 0 Å². The summed E-state index contributed by atoms with van der Waals surface area (Å²) in [5, 5.41) is 12.3. The van der Waals surface area contributed by atoms with Gasteiger partial charge in [-0.3, -0.25) is 4.98 Å². The number of aryl methyl sites for hydroxylation is 1. The SMILES string of the molecule is Cc1cc(-c2cc(C(=O)O)on2)ccn1. The normalized spacial score (nSPS) is 10.2. The second kappa shape index (κ2) is 3.53. The molecule has 1 N–H and O–H groups in total. The molecular formula is C10H8N2O3. The zero-order valence-corrected chi connectivity index (χ0v) is 7.97. The summed E-state index contributed by atoms with van der Waals surface area (Å²) < 4.78 is 4.65. The van der Waals surface area contributed by atoms with Crippen molar-refractivity contribution in [3.05, 3.63) is 35.9 Å². The van der Waals surface area contributed by atoms with Gasteiger partial charge in [0.05, 0.1) is 0 Å². The van der Waals surface area contributed by atoms with Crippen molar-refractivity contribution in [1.82, 2.24) is 10.1 Å². The molecule has 2 heterocycles. The lowest BCUT2D eigenvalue weighted by Crippen LogP contribution is -1.91. The molecule has 5 heteroatoms. The Morgan fingerprint density at radius 3 is 2.87 bits per heavy atom. The average molecular weight is 204 g/mol. The van der Waals surface area contributed by atoms with Gasteiger partial charge in [-0.25, -0.2) is 4.79 Å². The van der Waals surface area contributed by atoms with Gasteiger partial charge in [-0.15, -0.1) is 0 Å². The van der Waals surface area contributed by atoms with E-state index < -0.39 is 5.97 Å².